The van der Waals surface area contributed by atoms with Gasteiger partial charge in [0.2, 0.25) is 5.91 Å². The molecule has 1 aliphatic heterocycles. The van der Waals surface area contributed by atoms with Crippen LogP contribution in [0.5, 0.6) is 0 Å². The summed E-state index contributed by atoms with van der Waals surface area (Å²) in [5.74, 6) is -0.575. The number of hydrogen-bond donors (Lipinski definition) is 0. The Bertz CT molecular complexity index is 872. The number of fused-ring (bicyclic) bond motifs is 1. The Morgan fingerprint density at radius 2 is 2.04 bits per heavy atom. The number of ether oxygens (including phenoxy) is 1. The maximum Gasteiger partial charge on any atom is 0.308 e. The highest BCUT2D eigenvalue weighted by atomic mass is 35.5. The lowest BCUT2D eigenvalue weighted by Gasteiger charge is -2.30. The summed E-state index contributed by atoms with van der Waals surface area (Å²) in [6.07, 6.45) is 2.51. The van der Waals surface area contributed by atoms with E-state index in [9.17, 15) is 14.4 Å². The largest absolute Gasteiger partial charge is 0.469 e. The van der Waals surface area contributed by atoms with Gasteiger partial charge in [0.1, 0.15) is 6.54 Å². The number of hydrogen-bond acceptors (Lipinski definition) is 5. The Balaban J connectivity index is 1.72. The van der Waals surface area contributed by atoms with Gasteiger partial charge in [-0.15, -0.1) is 0 Å². The molecule has 1 aromatic carbocycles. The maximum atomic E-state index is 12.5. The molecule has 0 aliphatic carbocycles. The number of likely N-dealkylation sites (tertiary alicyclic amines) is 1. The topological polar surface area (TPSA) is 81.5 Å². The fraction of sp³-hybridized carbons (Fsp3) is 0.412. The van der Waals surface area contributed by atoms with Crippen molar-refractivity contribution in [1.29, 1.82) is 0 Å². The van der Waals surface area contributed by atoms with E-state index in [0.717, 1.165) is 0 Å². The molecule has 1 fully saturated rings. The van der Waals surface area contributed by atoms with Crippen LogP contribution in [0, 0.1) is 5.92 Å². The van der Waals surface area contributed by atoms with Gasteiger partial charge in [-0.3, -0.25) is 19.0 Å². The van der Waals surface area contributed by atoms with E-state index in [-0.39, 0.29) is 29.9 Å². The molecule has 2 heterocycles. The molecule has 2 aromatic rings. The first kappa shape index (κ1) is 17.4. The van der Waals surface area contributed by atoms with E-state index in [4.69, 9.17) is 16.3 Å². The summed E-state index contributed by atoms with van der Waals surface area (Å²) < 4.78 is 6.03. The number of halogens is 1. The van der Waals surface area contributed by atoms with Crippen LogP contribution in [0.2, 0.25) is 5.02 Å². The number of carbonyl (C=O) groups is 2. The molecular weight excluding hydrogens is 346 g/mol. The smallest absolute Gasteiger partial charge is 0.308 e. The van der Waals surface area contributed by atoms with Crippen molar-refractivity contribution in [2.75, 3.05) is 20.2 Å². The van der Waals surface area contributed by atoms with Gasteiger partial charge in [0.05, 0.1) is 30.3 Å². The van der Waals surface area contributed by atoms with Crippen LogP contribution in [0.25, 0.3) is 10.9 Å². The van der Waals surface area contributed by atoms with E-state index in [0.29, 0.717) is 41.9 Å². The van der Waals surface area contributed by atoms with Crippen molar-refractivity contribution in [2.24, 2.45) is 5.92 Å². The SMILES string of the molecule is COC(=O)C1CCN(C(=O)Cn2cnc3ccc(Cl)cc3c2=O)CC1. The summed E-state index contributed by atoms with van der Waals surface area (Å²) in [6, 6.07) is 4.88. The van der Waals surface area contributed by atoms with Crippen LogP contribution in [0.3, 0.4) is 0 Å². The third-order valence-corrected chi connectivity index (χ3v) is 4.71. The molecule has 0 radical (unpaired) electrons. The lowest BCUT2D eigenvalue weighted by molar-refractivity contribution is -0.149. The Labute approximate surface area is 149 Å². The second-order valence-electron chi connectivity index (χ2n) is 6.02. The van der Waals surface area contributed by atoms with E-state index in [1.165, 1.54) is 18.0 Å². The fourth-order valence-corrected chi connectivity index (χ4v) is 3.19. The molecule has 0 N–H and O–H groups in total. The summed E-state index contributed by atoms with van der Waals surface area (Å²) in [5, 5.41) is 0.826. The number of aromatic nitrogens is 2. The molecule has 0 spiro atoms. The van der Waals surface area contributed by atoms with Crippen molar-refractivity contribution in [3.8, 4) is 0 Å². The predicted octanol–water partition coefficient (Wildman–Crippen LogP) is 1.46. The predicted molar refractivity (Wildman–Crippen MR) is 92.3 cm³/mol. The third kappa shape index (κ3) is 3.66. The highest BCUT2D eigenvalue weighted by molar-refractivity contribution is 6.31. The average Bonchev–Trinajstić information content (AvgIpc) is 2.64. The molecule has 0 unspecified atom stereocenters. The average molecular weight is 364 g/mol. The van der Waals surface area contributed by atoms with Gasteiger partial charge in [-0.1, -0.05) is 11.6 Å². The van der Waals surface area contributed by atoms with Gasteiger partial charge >= 0.3 is 5.97 Å². The van der Waals surface area contributed by atoms with Gasteiger partial charge in [-0.25, -0.2) is 4.98 Å². The highest BCUT2D eigenvalue weighted by Gasteiger charge is 2.28. The van der Waals surface area contributed by atoms with Crippen LogP contribution in [0.15, 0.2) is 29.3 Å². The first-order chi connectivity index (χ1) is 12.0. The number of esters is 1. The highest BCUT2D eigenvalue weighted by Crippen LogP contribution is 2.19. The number of rotatable bonds is 3. The second kappa shape index (κ2) is 7.23. The van der Waals surface area contributed by atoms with Crippen LogP contribution in [-0.2, 0) is 20.9 Å². The quantitative estimate of drug-likeness (QED) is 0.771. The zero-order chi connectivity index (χ0) is 18.0. The fourth-order valence-electron chi connectivity index (χ4n) is 3.02. The monoisotopic (exact) mass is 363 g/mol. The molecule has 7 nitrogen and oxygen atoms in total. The zero-order valence-electron chi connectivity index (χ0n) is 13.8. The minimum atomic E-state index is -0.301. The van der Waals surface area contributed by atoms with E-state index in [2.05, 4.69) is 4.98 Å². The van der Waals surface area contributed by atoms with Crippen molar-refractivity contribution < 1.29 is 14.3 Å². The van der Waals surface area contributed by atoms with E-state index in [1.807, 2.05) is 0 Å². The second-order valence-corrected chi connectivity index (χ2v) is 6.45. The minimum Gasteiger partial charge on any atom is -0.469 e. The summed E-state index contributed by atoms with van der Waals surface area (Å²) in [6.45, 7) is 0.859. The van der Waals surface area contributed by atoms with Crippen molar-refractivity contribution in [3.05, 3.63) is 39.9 Å². The molecule has 0 saturated carbocycles. The van der Waals surface area contributed by atoms with Gasteiger partial charge in [-0.05, 0) is 31.0 Å². The molecular formula is C17H18ClN3O4. The summed E-state index contributed by atoms with van der Waals surface area (Å²) in [7, 11) is 1.37. The van der Waals surface area contributed by atoms with Crippen molar-refractivity contribution >= 4 is 34.4 Å². The Hall–Kier alpha value is -2.41. The molecule has 1 aromatic heterocycles. The number of carbonyl (C=O) groups excluding carboxylic acids is 2. The first-order valence-corrected chi connectivity index (χ1v) is 8.37. The third-order valence-electron chi connectivity index (χ3n) is 4.47. The van der Waals surface area contributed by atoms with Crippen LogP contribution >= 0.6 is 11.6 Å². The normalized spacial score (nSPS) is 15.4. The summed E-state index contributed by atoms with van der Waals surface area (Å²) in [5.41, 5.74) is 0.238. The maximum absolute atomic E-state index is 12.5. The van der Waals surface area contributed by atoms with Crippen LogP contribution in [-0.4, -0.2) is 46.5 Å². The van der Waals surface area contributed by atoms with Crippen LogP contribution < -0.4 is 5.56 Å². The molecule has 132 valence electrons. The molecule has 8 heteroatoms. The Morgan fingerprint density at radius 3 is 2.72 bits per heavy atom. The number of piperidine rings is 1. The van der Waals surface area contributed by atoms with E-state index in [1.54, 1.807) is 23.1 Å². The molecule has 25 heavy (non-hydrogen) atoms. The number of benzene rings is 1. The molecule has 1 saturated heterocycles. The lowest BCUT2D eigenvalue weighted by atomic mass is 9.97. The molecule has 0 bridgehead atoms. The van der Waals surface area contributed by atoms with Crippen molar-refractivity contribution in [2.45, 2.75) is 19.4 Å². The van der Waals surface area contributed by atoms with E-state index < -0.39 is 0 Å². The van der Waals surface area contributed by atoms with Gasteiger partial charge < -0.3 is 9.64 Å². The van der Waals surface area contributed by atoms with Crippen molar-refractivity contribution in [1.82, 2.24) is 14.5 Å². The number of amides is 1. The molecule has 1 aliphatic rings. The zero-order valence-corrected chi connectivity index (χ0v) is 14.5. The summed E-state index contributed by atoms with van der Waals surface area (Å²) in [4.78, 5) is 42.4. The lowest BCUT2D eigenvalue weighted by Crippen LogP contribution is -2.43. The first-order valence-electron chi connectivity index (χ1n) is 8.00. The molecule has 3 rings (SSSR count). The summed E-state index contributed by atoms with van der Waals surface area (Å²) >= 11 is 5.93. The van der Waals surface area contributed by atoms with Gasteiger partial charge in [0.15, 0.2) is 0 Å². The van der Waals surface area contributed by atoms with Gasteiger partial charge in [-0.2, -0.15) is 0 Å². The van der Waals surface area contributed by atoms with E-state index >= 15 is 0 Å². The standard InChI is InChI=1S/C17H18ClN3O4/c1-25-17(24)11-4-6-20(7-5-11)15(22)9-21-10-19-14-3-2-12(18)8-13(14)16(21)23/h2-3,8,10-11H,4-7,9H2,1H3. The minimum absolute atomic E-state index is 0.0861. The Kier molecular flexibility index (Phi) is 5.03. The number of nitrogens with zero attached hydrogens (tertiary/aromatic N) is 3. The van der Waals surface area contributed by atoms with Crippen LogP contribution in [0.1, 0.15) is 12.8 Å². The Morgan fingerprint density at radius 1 is 1.32 bits per heavy atom. The van der Waals surface area contributed by atoms with Crippen molar-refractivity contribution in [3.63, 3.8) is 0 Å². The number of methoxy groups -OCH3 is 1. The van der Waals surface area contributed by atoms with Gasteiger partial charge in [0, 0.05) is 18.1 Å². The van der Waals surface area contributed by atoms with Gasteiger partial charge in [0.25, 0.3) is 5.56 Å². The molecule has 1 amide bonds. The molecule has 0 atom stereocenters. The van der Waals surface area contributed by atoms with Crippen LogP contribution in [0.4, 0.5) is 0 Å².